The molecule has 0 aliphatic carbocycles. The van der Waals surface area contributed by atoms with Gasteiger partial charge in [0.15, 0.2) is 0 Å². The molecule has 1 heterocycles. The highest BCUT2D eigenvalue weighted by Gasteiger charge is 2.23. The van der Waals surface area contributed by atoms with Gasteiger partial charge in [0, 0.05) is 40.3 Å². The van der Waals surface area contributed by atoms with Crippen LogP contribution < -0.4 is 14.8 Å². The number of rotatable bonds is 8. The van der Waals surface area contributed by atoms with Crippen molar-refractivity contribution in [2.24, 2.45) is 0 Å². The Labute approximate surface area is 161 Å². The van der Waals surface area contributed by atoms with Crippen LogP contribution in [0.3, 0.4) is 0 Å². The van der Waals surface area contributed by atoms with Crippen molar-refractivity contribution in [3.63, 3.8) is 0 Å². The largest absolute Gasteiger partial charge is 0.494 e. The van der Waals surface area contributed by atoms with E-state index in [0.29, 0.717) is 52.5 Å². The van der Waals surface area contributed by atoms with Gasteiger partial charge in [0.1, 0.15) is 18.1 Å². The van der Waals surface area contributed by atoms with Crippen molar-refractivity contribution < 1.29 is 19.1 Å². The van der Waals surface area contributed by atoms with Gasteiger partial charge in [-0.1, -0.05) is 0 Å². The molecule has 27 heavy (non-hydrogen) atoms. The molecule has 1 aromatic rings. The van der Waals surface area contributed by atoms with Gasteiger partial charge in [0.25, 0.3) is 0 Å². The van der Waals surface area contributed by atoms with Crippen LogP contribution in [-0.4, -0.2) is 93.2 Å². The molecule has 2 rings (SSSR count). The zero-order valence-electron chi connectivity index (χ0n) is 16.4. The molecule has 8 heteroatoms. The molecular weight excluding hydrogens is 348 g/mol. The Bertz CT molecular complexity index is 598. The summed E-state index contributed by atoms with van der Waals surface area (Å²) < 4.78 is 11.0. The second-order valence-corrected chi connectivity index (χ2v) is 6.54. The summed E-state index contributed by atoms with van der Waals surface area (Å²) in [5, 5.41) is 2.87. The molecule has 3 amide bonds. The molecule has 1 aromatic carbocycles. The first kappa shape index (κ1) is 20.8. The molecule has 8 nitrogen and oxygen atoms in total. The lowest BCUT2D eigenvalue weighted by atomic mass is 10.3. The summed E-state index contributed by atoms with van der Waals surface area (Å²) >= 11 is 0. The number of nitrogens with zero attached hydrogens (tertiary/aromatic N) is 3. The van der Waals surface area contributed by atoms with Gasteiger partial charge in [-0.15, -0.1) is 0 Å². The number of carbonyl (C=O) groups excluding carboxylic acids is 2. The van der Waals surface area contributed by atoms with Gasteiger partial charge in [0.05, 0.1) is 19.7 Å². The summed E-state index contributed by atoms with van der Waals surface area (Å²) in [6.07, 6.45) is 0. The molecule has 0 atom stereocenters. The topological polar surface area (TPSA) is 74.4 Å². The Balaban J connectivity index is 1.59. The number of amides is 3. The van der Waals surface area contributed by atoms with Crippen LogP contribution in [0.25, 0.3) is 0 Å². The number of ether oxygens (including phenoxy) is 2. The Morgan fingerprint density at radius 1 is 1.04 bits per heavy atom. The van der Waals surface area contributed by atoms with E-state index in [1.165, 1.54) is 0 Å². The highest BCUT2D eigenvalue weighted by molar-refractivity contribution is 5.78. The standard InChI is InChI=1S/C19H30N4O4/c1-4-26-16-5-7-17(8-6-16)27-14-9-20-18(24)15-22-10-12-23(13-11-22)19(25)21(2)3/h5-8H,4,9-15H2,1-3H3,(H,20,24). The van der Waals surface area contributed by atoms with E-state index in [1.54, 1.807) is 23.9 Å². The number of hydrogen-bond acceptors (Lipinski definition) is 5. The third-order valence-electron chi connectivity index (χ3n) is 4.22. The average molecular weight is 378 g/mol. The molecule has 0 bridgehead atoms. The first-order valence-corrected chi connectivity index (χ1v) is 9.30. The number of piperazine rings is 1. The predicted octanol–water partition coefficient (Wildman–Crippen LogP) is 0.880. The van der Waals surface area contributed by atoms with Crippen molar-refractivity contribution in [3.05, 3.63) is 24.3 Å². The molecule has 1 saturated heterocycles. The second-order valence-electron chi connectivity index (χ2n) is 6.54. The first-order chi connectivity index (χ1) is 13.0. The molecule has 1 aliphatic rings. The molecule has 0 radical (unpaired) electrons. The van der Waals surface area contributed by atoms with Gasteiger partial charge >= 0.3 is 6.03 Å². The average Bonchev–Trinajstić information content (AvgIpc) is 2.66. The highest BCUT2D eigenvalue weighted by atomic mass is 16.5. The fourth-order valence-electron chi connectivity index (χ4n) is 2.80. The molecular formula is C19H30N4O4. The molecule has 1 aliphatic heterocycles. The molecule has 150 valence electrons. The normalized spacial score (nSPS) is 14.6. The van der Waals surface area contributed by atoms with Crippen LogP contribution in [0.5, 0.6) is 11.5 Å². The Hall–Kier alpha value is -2.48. The van der Waals surface area contributed by atoms with Crippen LogP contribution >= 0.6 is 0 Å². The van der Waals surface area contributed by atoms with Gasteiger partial charge < -0.3 is 24.6 Å². The van der Waals surface area contributed by atoms with Crippen LogP contribution in [0.1, 0.15) is 6.92 Å². The zero-order valence-corrected chi connectivity index (χ0v) is 16.4. The molecule has 0 aromatic heterocycles. The second kappa shape index (κ2) is 10.6. The quantitative estimate of drug-likeness (QED) is 0.680. The monoisotopic (exact) mass is 378 g/mol. The maximum atomic E-state index is 12.0. The van der Waals surface area contributed by atoms with E-state index in [-0.39, 0.29) is 11.9 Å². The summed E-state index contributed by atoms with van der Waals surface area (Å²) in [4.78, 5) is 29.4. The van der Waals surface area contributed by atoms with Crippen molar-refractivity contribution in [1.29, 1.82) is 0 Å². The maximum absolute atomic E-state index is 12.0. The summed E-state index contributed by atoms with van der Waals surface area (Å²) in [5.74, 6) is 1.53. The van der Waals surface area contributed by atoms with Crippen molar-refractivity contribution in [3.8, 4) is 11.5 Å². The van der Waals surface area contributed by atoms with Crippen LogP contribution in [0.4, 0.5) is 4.79 Å². The van der Waals surface area contributed by atoms with E-state index in [0.717, 1.165) is 11.5 Å². The van der Waals surface area contributed by atoms with Crippen molar-refractivity contribution in [1.82, 2.24) is 20.0 Å². The lowest BCUT2D eigenvalue weighted by Crippen LogP contribution is -2.53. The van der Waals surface area contributed by atoms with Gasteiger partial charge in [-0.2, -0.15) is 0 Å². The minimum atomic E-state index is -0.0299. The van der Waals surface area contributed by atoms with Crippen LogP contribution in [0.2, 0.25) is 0 Å². The zero-order chi connectivity index (χ0) is 19.6. The molecule has 1 N–H and O–H groups in total. The first-order valence-electron chi connectivity index (χ1n) is 9.30. The molecule has 0 saturated carbocycles. The predicted molar refractivity (Wildman–Crippen MR) is 103 cm³/mol. The fraction of sp³-hybridized carbons (Fsp3) is 0.579. The molecule has 0 unspecified atom stereocenters. The highest BCUT2D eigenvalue weighted by Crippen LogP contribution is 2.17. The van der Waals surface area contributed by atoms with Gasteiger partial charge in [0.2, 0.25) is 5.91 Å². The van der Waals surface area contributed by atoms with E-state index in [2.05, 4.69) is 10.2 Å². The van der Waals surface area contributed by atoms with Crippen LogP contribution in [0, 0.1) is 0 Å². The number of nitrogens with one attached hydrogen (secondary N) is 1. The van der Waals surface area contributed by atoms with Gasteiger partial charge in [-0.25, -0.2) is 4.79 Å². The number of urea groups is 1. The Morgan fingerprint density at radius 2 is 1.63 bits per heavy atom. The van der Waals surface area contributed by atoms with Crippen molar-refractivity contribution in [2.45, 2.75) is 6.92 Å². The maximum Gasteiger partial charge on any atom is 0.319 e. The number of benzene rings is 1. The van der Waals surface area contributed by atoms with E-state index >= 15 is 0 Å². The lowest BCUT2D eigenvalue weighted by Gasteiger charge is -2.35. The summed E-state index contributed by atoms with van der Waals surface area (Å²) in [7, 11) is 3.50. The van der Waals surface area contributed by atoms with Crippen molar-refractivity contribution in [2.75, 3.05) is 66.6 Å². The van der Waals surface area contributed by atoms with Crippen LogP contribution in [0.15, 0.2) is 24.3 Å². The summed E-state index contributed by atoms with van der Waals surface area (Å²) in [6, 6.07) is 7.43. The molecule has 1 fully saturated rings. The summed E-state index contributed by atoms with van der Waals surface area (Å²) in [6.45, 7) is 6.47. The lowest BCUT2D eigenvalue weighted by molar-refractivity contribution is -0.122. The SMILES string of the molecule is CCOc1ccc(OCCNC(=O)CN2CCN(C(=O)N(C)C)CC2)cc1. The van der Waals surface area contributed by atoms with Gasteiger partial charge in [-0.05, 0) is 31.2 Å². The van der Waals surface area contributed by atoms with E-state index in [1.807, 2.05) is 31.2 Å². The van der Waals surface area contributed by atoms with Crippen LogP contribution in [-0.2, 0) is 4.79 Å². The molecule has 0 spiro atoms. The third-order valence-corrected chi connectivity index (χ3v) is 4.22. The smallest absolute Gasteiger partial charge is 0.319 e. The third kappa shape index (κ3) is 6.97. The number of hydrogen-bond donors (Lipinski definition) is 1. The van der Waals surface area contributed by atoms with E-state index < -0.39 is 0 Å². The van der Waals surface area contributed by atoms with E-state index in [4.69, 9.17) is 9.47 Å². The fourth-order valence-corrected chi connectivity index (χ4v) is 2.80. The minimum Gasteiger partial charge on any atom is -0.494 e. The van der Waals surface area contributed by atoms with Crippen molar-refractivity contribution >= 4 is 11.9 Å². The minimum absolute atomic E-state index is 0.0190. The number of carbonyl (C=O) groups is 2. The Morgan fingerprint density at radius 3 is 2.19 bits per heavy atom. The Kier molecular flexibility index (Phi) is 8.19. The van der Waals surface area contributed by atoms with Gasteiger partial charge in [-0.3, -0.25) is 9.69 Å². The van der Waals surface area contributed by atoms with E-state index in [9.17, 15) is 9.59 Å². The summed E-state index contributed by atoms with van der Waals surface area (Å²) in [5.41, 5.74) is 0.